The maximum atomic E-state index is 10.3. The molecule has 0 aromatic carbocycles. The van der Waals surface area contributed by atoms with Crippen LogP contribution in [0.4, 0.5) is 0 Å². The van der Waals surface area contributed by atoms with Crippen LogP contribution in [0, 0.1) is 0 Å². The Balaban J connectivity index is 0. The summed E-state index contributed by atoms with van der Waals surface area (Å²) >= 11 is 0. The van der Waals surface area contributed by atoms with Crippen LogP contribution >= 0.6 is 0 Å². The third kappa shape index (κ3) is 22.5. The van der Waals surface area contributed by atoms with Gasteiger partial charge in [0.05, 0.1) is 0 Å². The highest BCUT2D eigenvalue weighted by Crippen LogP contribution is 1.94. The highest BCUT2D eigenvalue weighted by Gasteiger charge is 1.80. The van der Waals surface area contributed by atoms with Gasteiger partial charge in [-0.15, -0.1) is 0 Å². The molecule has 0 saturated heterocycles. The summed E-state index contributed by atoms with van der Waals surface area (Å²) < 4.78 is 0. The molecule has 0 N–H and O–H groups in total. The van der Waals surface area contributed by atoms with Crippen molar-refractivity contribution in [3.05, 3.63) is 24.3 Å². The Morgan fingerprint density at radius 1 is 1.21 bits per heavy atom. The Hall–Kier alpha value is -0.850. The van der Waals surface area contributed by atoms with Crippen LogP contribution in [0.2, 0.25) is 0 Å². The molecule has 82 valence electrons. The highest BCUT2D eigenvalue weighted by molar-refractivity contribution is 5.87. The van der Waals surface area contributed by atoms with Gasteiger partial charge in [-0.2, -0.15) is 0 Å². The van der Waals surface area contributed by atoms with Crippen molar-refractivity contribution in [3.63, 3.8) is 0 Å². The fraction of sp³-hybridized carbons (Fsp3) is 0.615. The number of ketones is 1. The van der Waals surface area contributed by atoms with Gasteiger partial charge in [0.2, 0.25) is 0 Å². The average molecular weight is 196 g/mol. The van der Waals surface area contributed by atoms with E-state index in [-0.39, 0.29) is 5.78 Å². The van der Waals surface area contributed by atoms with Crippen LogP contribution in [0.15, 0.2) is 24.3 Å². The smallest absolute Gasteiger partial charge is 0.152 e. The van der Waals surface area contributed by atoms with Gasteiger partial charge in [0, 0.05) is 0 Å². The molecule has 14 heavy (non-hydrogen) atoms. The first-order chi connectivity index (χ1) is 6.68. The molecule has 0 unspecified atom stereocenters. The second kappa shape index (κ2) is 14.7. The van der Waals surface area contributed by atoms with Crippen LogP contribution in [-0.4, -0.2) is 5.78 Å². The molecule has 0 rings (SSSR count). The summed E-state index contributed by atoms with van der Waals surface area (Å²) in [5.74, 6) is 0.145. The van der Waals surface area contributed by atoms with Crippen LogP contribution in [0.3, 0.4) is 0 Å². The third-order valence-corrected chi connectivity index (χ3v) is 1.55. The molecule has 1 nitrogen and oxygen atoms in total. The molecular formula is C13H24O. The largest absolute Gasteiger partial charge is 0.295 e. The van der Waals surface area contributed by atoms with Gasteiger partial charge in [-0.3, -0.25) is 4.79 Å². The summed E-state index contributed by atoms with van der Waals surface area (Å²) in [7, 11) is 0. The number of rotatable bonds is 5. The second-order valence-corrected chi connectivity index (χ2v) is 3.13. The van der Waals surface area contributed by atoms with E-state index < -0.39 is 0 Å². The van der Waals surface area contributed by atoms with Gasteiger partial charge in [-0.05, 0) is 32.8 Å². The maximum absolute atomic E-state index is 10.3. The summed E-state index contributed by atoms with van der Waals surface area (Å²) in [6.07, 6.45) is 12.3. The molecular weight excluding hydrogens is 172 g/mol. The van der Waals surface area contributed by atoms with Crippen molar-refractivity contribution in [1.29, 1.82) is 0 Å². The quantitative estimate of drug-likeness (QED) is 0.364. The lowest BCUT2D eigenvalue weighted by molar-refractivity contribution is -0.112. The lowest BCUT2D eigenvalue weighted by Crippen LogP contribution is -1.79. The molecule has 0 aromatic rings. The van der Waals surface area contributed by atoms with Gasteiger partial charge in [0.25, 0.3) is 0 Å². The Morgan fingerprint density at radius 3 is 2.14 bits per heavy atom. The molecule has 0 spiro atoms. The predicted molar refractivity (Wildman–Crippen MR) is 64.5 cm³/mol. The molecule has 0 atom stereocenters. The fourth-order valence-electron chi connectivity index (χ4n) is 0.807. The zero-order valence-corrected chi connectivity index (χ0v) is 10.0. The van der Waals surface area contributed by atoms with E-state index in [4.69, 9.17) is 0 Å². The van der Waals surface area contributed by atoms with Crippen molar-refractivity contribution < 1.29 is 4.79 Å². The van der Waals surface area contributed by atoms with Crippen molar-refractivity contribution in [3.8, 4) is 0 Å². The number of hydrogen-bond donors (Lipinski definition) is 0. The molecule has 0 heterocycles. The standard InChI is InChI=1S/C8H14O.C5H10/c1-3-4-5-6-7-8(2)9;1-3-5-4-2/h6-7H,3-5H2,1-2H3;3,5H,4H2,1-2H3/b7-6+;. The van der Waals surface area contributed by atoms with Gasteiger partial charge in [0.1, 0.15) is 0 Å². The van der Waals surface area contributed by atoms with E-state index in [9.17, 15) is 4.79 Å². The minimum Gasteiger partial charge on any atom is -0.295 e. The first-order valence-corrected chi connectivity index (χ1v) is 5.47. The zero-order valence-electron chi connectivity index (χ0n) is 10.0. The molecule has 0 bridgehead atoms. The SMILES string of the molecule is CC=CCC.CCCC/C=C/C(C)=O. The Kier molecular flexibility index (Phi) is 16.4. The van der Waals surface area contributed by atoms with E-state index in [0.717, 1.165) is 12.8 Å². The molecule has 0 aromatic heterocycles. The molecule has 0 aliphatic carbocycles. The Morgan fingerprint density at radius 2 is 1.86 bits per heavy atom. The van der Waals surface area contributed by atoms with E-state index in [1.165, 1.54) is 12.8 Å². The van der Waals surface area contributed by atoms with E-state index in [2.05, 4.69) is 26.0 Å². The Labute approximate surface area is 88.9 Å². The second-order valence-electron chi connectivity index (χ2n) is 3.13. The summed E-state index contributed by atoms with van der Waals surface area (Å²) in [6.45, 7) is 7.87. The summed E-state index contributed by atoms with van der Waals surface area (Å²) in [6, 6.07) is 0. The normalized spacial score (nSPS) is 10.3. The van der Waals surface area contributed by atoms with Crippen LogP contribution in [-0.2, 0) is 4.79 Å². The van der Waals surface area contributed by atoms with Crippen molar-refractivity contribution in [2.75, 3.05) is 0 Å². The minimum atomic E-state index is 0.145. The lowest BCUT2D eigenvalue weighted by atomic mass is 10.2. The first kappa shape index (κ1) is 15.6. The van der Waals surface area contributed by atoms with Crippen LogP contribution in [0.1, 0.15) is 53.4 Å². The minimum absolute atomic E-state index is 0.145. The van der Waals surface area contributed by atoms with Crippen molar-refractivity contribution in [1.82, 2.24) is 0 Å². The number of carbonyl (C=O) groups excluding carboxylic acids is 1. The first-order valence-electron chi connectivity index (χ1n) is 5.47. The lowest BCUT2D eigenvalue weighted by Gasteiger charge is -1.85. The van der Waals surface area contributed by atoms with E-state index in [0.29, 0.717) is 0 Å². The highest BCUT2D eigenvalue weighted by atomic mass is 16.1. The molecule has 1 heteroatoms. The maximum Gasteiger partial charge on any atom is 0.152 e. The van der Waals surface area contributed by atoms with Crippen LogP contribution in [0.25, 0.3) is 0 Å². The van der Waals surface area contributed by atoms with Crippen LogP contribution in [0.5, 0.6) is 0 Å². The molecule has 0 aliphatic rings. The summed E-state index contributed by atoms with van der Waals surface area (Å²) in [4.78, 5) is 10.3. The van der Waals surface area contributed by atoms with Gasteiger partial charge < -0.3 is 0 Å². The Bertz CT molecular complexity index is 166. The van der Waals surface area contributed by atoms with Gasteiger partial charge in [-0.25, -0.2) is 0 Å². The monoisotopic (exact) mass is 196 g/mol. The van der Waals surface area contributed by atoms with Crippen molar-refractivity contribution >= 4 is 5.78 Å². The molecule has 0 aliphatic heterocycles. The number of carbonyl (C=O) groups is 1. The van der Waals surface area contributed by atoms with Crippen molar-refractivity contribution in [2.45, 2.75) is 53.4 Å². The zero-order chi connectivity index (χ0) is 11.2. The topological polar surface area (TPSA) is 17.1 Å². The van der Waals surface area contributed by atoms with Gasteiger partial charge >= 0.3 is 0 Å². The third-order valence-electron chi connectivity index (χ3n) is 1.55. The van der Waals surface area contributed by atoms with Crippen LogP contribution < -0.4 is 0 Å². The van der Waals surface area contributed by atoms with Crippen molar-refractivity contribution in [2.24, 2.45) is 0 Å². The average Bonchev–Trinajstić information content (AvgIpc) is 2.15. The van der Waals surface area contributed by atoms with Gasteiger partial charge in [-0.1, -0.05) is 44.9 Å². The molecule has 0 amide bonds. The van der Waals surface area contributed by atoms with E-state index in [1.807, 2.05) is 13.0 Å². The number of hydrogen-bond acceptors (Lipinski definition) is 1. The van der Waals surface area contributed by atoms with E-state index >= 15 is 0 Å². The fourth-order valence-corrected chi connectivity index (χ4v) is 0.807. The number of unbranched alkanes of at least 4 members (excludes halogenated alkanes) is 2. The summed E-state index contributed by atoms with van der Waals surface area (Å²) in [5, 5.41) is 0. The molecule has 0 radical (unpaired) electrons. The predicted octanol–water partition coefficient (Wildman–Crippen LogP) is 4.29. The molecule has 0 fully saturated rings. The molecule has 0 saturated carbocycles. The van der Waals surface area contributed by atoms with Gasteiger partial charge in [0.15, 0.2) is 5.78 Å². The summed E-state index contributed by atoms with van der Waals surface area (Å²) in [5.41, 5.74) is 0. The number of allylic oxidation sites excluding steroid dienone is 4. The van der Waals surface area contributed by atoms with E-state index in [1.54, 1.807) is 13.0 Å².